The second-order valence-corrected chi connectivity index (χ2v) is 5.81. The van der Waals surface area contributed by atoms with Gasteiger partial charge in [0.1, 0.15) is 5.00 Å². The Morgan fingerprint density at radius 3 is 3.29 bits per heavy atom. The number of esters is 1. The van der Waals surface area contributed by atoms with E-state index in [4.69, 9.17) is 4.74 Å². The molecular formula is C11H16N2O2S2. The molecule has 1 N–H and O–H groups in total. The zero-order valence-corrected chi connectivity index (χ0v) is 11.4. The van der Waals surface area contributed by atoms with E-state index >= 15 is 0 Å². The van der Waals surface area contributed by atoms with Crippen molar-refractivity contribution in [3.63, 3.8) is 0 Å². The van der Waals surface area contributed by atoms with Gasteiger partial charge in [-0.1, -0.05) is 0 Å². The fraction of sp³-hybridized carbons (Fsp3) is 0.636. The molecule has 0 spiro atoms. The average molecular weight is 272 g/mol. The van der Waals surface area contributed by atoms with Crippen LogP contribution >= 0.6 is 23.1 Å². The molecule has 0 bridgehead atoms. The lowest BCUT2D eigenvalue weighted by molar-refractivity contribution is 0.0521. The number of anilines is 1. The lowest BCUT2D eigenvalue weighted by Gasteiger charge is -2.22. The summed E-state index contributed by atoms with van der Waals surface area (Å²) in [6.07, 6.45) is 2.39. The van der Waals surface area contributed by atoms with Crippen LogP contribution in [0.25, 0.3) is 0 Å². The second kappa shape index (κ2) is 6.26. The van der Waals surface area contributed by atoms with Crippen molar-refractivity contribution in [1.29, 1.82) is 0 Å². The van der Waals surface area contributed by atoms with Crippen molar-refractivity contribution < 1.29 is 9.53 Å². The molecule has 1 aliphatic rings. The van der Waals surface area contributed by atoms with Crippen molar-refractivity contribution in [3.05, 3.63) is 11.2 Å². The van der Waals surface area contributed by atoms with E-state index in [2.05, 4.69) is 10.3 Å². The molecule has 0 aliphatic carbocycles. The number of hydrogen-bond acceptors (Lipinski definition) is 6. The van der Waals surface area contributed by atoms with Crippen molar-refractivity contribution in [2.45, 2.75) is 25.8 Å². The van der Waals surface area contributed by atoms with Gasteiger partial charge in [0.25, 0.3) is 0 Å². The molecule has 0 saturated carbocycles. The molecule has 4 nitrogen and oxygen atoms in total. The van der Waals surface area contributed by atoms with Crippen LogP contribution in [0.3, 0.4) is 0 Å². The number of rotatable bonds is 4. The molecule has 1 aliphatic heterocycles. The molecule has 0 amide bonds. The Morgan fingerprint density at radius 2 is 2.59 bits per heavy atom. The lowest BCUT2D eigenvalue weighted by Crippen LogP contribution is -2.26. The minimum Gasteiger partial charge on any atom is -0.461 e. The highest BCUT2D eigenvalue weighted by Crippen LogP contribution is 2.26. The number of ether oxygens (including phenoxy) is 1. The van der Waals surface area contributed by atoms with E-state index in [-0.39, 0.29) is 5.97 Å². The van der Waals surface area contributed by atoms with Crippen LogP contribution in [-0.4, -0.2) is 35.1 Å². The summed E-state index contributed by atoms with van der Waals surface area (Å²) in [5.41, 5.74) is 2.11. The summed E-state index contributed by atoms with van der Waals surface area (Å²) in [4.78, 5) is 15.7. The van der Waals surface area contributed by atoms with Crippen LogP contribution in [-0.2, 0) is 4.74 Å². The summed E-state index contributed by atoms with van der Waals surface area (Å²) in [5, 5.41) is 4.25. The fourth-order valence-electron chi connectivity index (χ4n) is 1.73. The minimum absolute atomic E-state index is 0.334. The highest BCUT2D eigenvalue weighted by Gasteiger charge is 2.20. The van der Waals surface area contributed by atoms with Crippen molar-refractivity contribution in [1.82, 2.24) is 4.98 Å². The van der Waals surface area contributed by atoms with Gasteiger partial charge in [-0.2, -0.15) is 11.8 Å². The molecule has 1 aromatic rings. The average Bonchev–Trinajstić information content (AvgIpc) is 2.79. The number of carbonyl (C=O) groups excluding carboxylic acids is 1. The predicted octanol–water partition coefficient (Wildman–Crippen LogP) is 2.63. The Kier molecular flexibility index (Phi) is 4.67. The van der Waals surface area contributed by atoms with Gasteiger partial charge in [0.15, 0.2) is 5.69 Å². The number of hydrogen-bond donors (Lipinski definition) is 1. The van der Waals surface area contributed by atoms with Crippen LogP contribution in [0.4, 0.5) is 5.00 Å². The number of nitrogens with zero attached hydrogens (tertiary/aromatic N) is 1. The molecular weight excluding hydrogens is 256 g/mol. The van der Waals surface area contributed by atoms with Crippen LogP contribution in [0.5, 0.6) is 0 Å². The normalized spacial score (nSPS) is 19.9. The number of thioether (sulfide) groups is 1. The van der Waals surface area contributed by atoms with Gasteiger partial charge in [0.05, 0.1) is 12.1 Å². The maximum absolute atomic E-state index is 11.6. The summed E-state index contributed by atoms with van der Waals surface area (Å²) < 4.78 is 4.98. The molecule has 17 heavy (non-hydrogen) atoms. The summed E-state index contributed by atoms with van der Waals surface area (Å²) in [6.45, 7) is 2.18. The molecule has 6 heteroatoms. The van der Waals surface area contributed by atoms with E-state index in [1.165, 1.54) is 23.5 Å². The van der Waals surface area contributed by atoms with Crippen LogP contribution < -0.4 is 5.32 Å². The van der Waals surface area contributed by atoms with Gasteiger partial charge >= 0.3 is 5.97 Å². The zero-order chi connectivity index (χ0) is 12.1. The Labute approximate surface area is 109 Å². The maximum atomic E-state index is 11.6. The minimum atomic E-state index is -0.334. The van der Waals surface area contributed by atoms with Gasteiger partial charge in [0.2, 0.25) is 0 Å². The van der Waals surface area contributed by atoms with Crippen molar-refractivity contribution in [2.24, 2.45) is 0 Å². The van der Waals surface area contributed by atoms with Crippen LogP contribution in [0, 0.1) is 0 Å². The summed E-state index contributed by atoms with van der Waals surface area (Å²) in [7, 11) is 0. The van der Waals surface area contributed by atoms with E-state index in [0.717, 1.165) is 17.2 Å². The summed E-state index contributed by atoms with van der Waals surface area (Å²) >= 11 is 3.42. The van der Waals surface area contributed by atoms with Crippen LogP contribution in [0.15, 0.2) is 5.51 Å². The van der Waals surface area contributed by atoms with E-state index < -0.39 is 0 Å². The Bertz CT molecular complexity index is 375. The van der Waals surface area contributed by atoms with Gasteiger partial charge in [-0.25, -0.2) is 9.78 Å². The van der Waals surface area contributed by atoms with E-state index in [9.17, 15) is 4.79 Å². The predicted molar refractivity (Wildman–Crippen MR) is 72.0 cm³/mol. The first-order valence-corrected chi connectivity index (χ1v) is 7.79. The maximum Gasteiger partial charge on any atom is 0.360 e. The van der Waals surface area contributed by atoms with E-state index in [1.807, 2.05) is 11.8 Å². The number of carbonyl (C=O) groups is 1. The van der Waals surface area contributed by atoms with Gasteiger partial charge in [-0.3, -0.25) is 0 Å². The third-order valence-corrected chi connectivity index (χ3v) is 4.50. The van der Waals surface area contributed by atoms with Gasteiger partial charge < -0.3 is 10.1 Å². The smallest absolute Gasteiger partial charge is 0.360 e. The SMILES string of the molecule is CCOC(=O)c1ncsc1NC1CCCSC1. The molecule has 0 aromatic carbocycles. The first-order chi connectivity index (χ1) is 8.31. The van der Waals surface area contributed by atoms with E-state index in [1.54, 1.807) is 12.4 Å². The number of nitrogens with one attached hydrogen (secondary N) is 1. The Hall–Kier alpha value is -0.750. The molecule has 1 atom stereocenters. The third-order valence-electron chi connectivity index (χ3n) is 2.53. The van der Waals surface area contributed by atoms with E-state index in [0.29, 0.717) is 18.3 Å². The Balaban J connectivity index is 2.00. The van der Waals surface area contributed by atoms with Crippen molar-refractivity contribution >= 4 is 34.1 Å². The van der Waals surface area contributed by atoms with Crippen molar-refractivity contribution in [3.8, 4) is 0 Å². The van der Waals surface area contributed by atoms with Crippen LogP contribution in [0.2, 0.25) is 0 Å². The lowest BCUT2D eigenvalue weighted by atomic mass is 10.2. The summed E-state index contributed by atoms with van der Waals surface area (Å²) in [5.74, 6) is 2.01. The third kappa shape index (κ3) is 3.35. The molecule has 1 fully saturated rings. The fourth-order valence-corrected chi connectivity index (χ4v) is 3.55. The summed E-state index contributed by atoms with van der Waals surface area (Å²) in [6, 6.07) is 0.447. The molecule has 94 valence electrons. The highest BCUT2D eigenvalue weighted by atomic mass is 32.2. The molecule has 2 heterocycles. The molecule has 1 unspecified atom stereocenters. The quantitative estimate of drug-likeness (QED) is 0.854. The van der Waals surface area contributed by atoms with Gasteiger partial charge in [-0.05, 0) is 25.5 Å². The number of aromatic nitrogens is 1. The monoisotopic (exact) mass is 272 g/mol. The van der Waals surface area contributed by atoms with Crippen molar-refractivity contribution in [2.75, 3.05) is 23.4 Å². The van der Waals surface area contributed by atoms with Gasteiger partial charge in [0, 0.05) is 11.8 Å². The number of thiazole rings is 1. The van der Waals surface area contributed by atoms with Gasteiger partial charge in [-0.15, -0.1) is 11.3 Å². The first-order valence-electron chi connectivity index (χ1n) is 5.76. The Morgan fingerprint density at radius 1 is 1.71 bits per heavy atom. The zero-order valence-electron chi connectivity index (χ0n) is 9.77. The molecule has 2 rings (SSSR count). The molecule has 1 aromatic heterocycles. The highest BCUT2D eigenvalue weighted by molar-refractivity contribution is 7.99. The largest absolute Gasteiger partial charge is 0.461 e. The first kappa shape index (κ1) is 12.7. The second-order valence-electron chi connectivity index (χ2n) is 3.81. The van der Waals surface area contributed by atoms with Crippen LogP contribution in [0.1, 0.15) is 30.3 Å². The topological polar surface area (TPSA) is 51.2 Å². The molecule has 1 saturated heterocycles. The molecule has 0 radical (unpaired) electrons. The standard InChI is InChI=1S/C11H16N2O2S2/c1-2-15-11(14)9-10(17-7-12-9)13-8-4-3-5-16-6-8/h7-8,13H,2-6H2,1H3.